The minimum Gasteiger partial charge on any atom is -0.314 e. The van der Waals surface area contributed by atoms with Crippen LogP contribution in [-0.4, -0.2) is 31.1 Å². The summed E-state index contributed by atoms with van der Waals surface area (Å²) >= 11 is 5.93. The van der Waals surface area contributed by atoms with Crippen molar-refractivity contribution < 1.29 is 0 Å². The van der Waals surface area contributed by atoms with E-state index in [0.29, 0.717) is 6.04 Å². The minimum absolute atomic E-state index is 0.695. The van der Waals surface area contributed by atoms with Crippen LogP contribution in [-0.2, 0) is 6.54 Å². The average Bonchev–Trinajstić information content (AvgIpc) is 2.07. The first-order valence-corrected chi connectivity index (χ1v) is 5.70. The maximum Gasteiger partial charge on any atom is 0.0408 e. The Hall–Kier alpha value is -0.570. The lowest BCUT2D eigenvalue weighted by atomic mass is 10.1. The van der Waals surface area contributed by atoms with Gasteiger partial charge in [-0.1, -0.05) is 17.7 Å². The SMILES string of the molecule is Cc1cc(Cl)ccc1CN(C)C1CNC1. The molecule has 82 valence electrons. The normalized spacial score (nSPS) is 16.8. The molecule has 1 fully saturated rings. The van der Waals surface area contributed by atoms with E-state index < -0.39 is 0 Å². The van der Waals surface area contributed by atoms with E-state index >= 15 is 0 Å². The van der Waals surface area contributed by atoms with Crippen LogP contribution in [0.1, 0.15) is 11.1 Å². The molecule has 1 heterocycles. The first kappa shape index (κ1) is 10.9. The number of nitrogens with zero attached hydrogens (tertiary/aromatic N) is 1. The maximum atomic E-state index is 5.93. The molecule has 1 aromatic rings. The van der Waals surface area contributed by atoms with Crippen LogP contribution in [0.15, 0.2) is 18.2 Å². The van der Waals surface area contributed by atoms with Gasteiger partial charge in [0.25, 0.3) is 0 Å². The molecule has 2 nitrogen and oxygen atoms in total. The van der Waals surface area contributed by atoms with Gasteiger partial charge in [0.2, 0.25) is 0 Å². The molecule has 1 aliphatic rings. The molecule has 0 unspecified atom stereocenters. The fraction of sp³-hybridized carbons (Fsp3) is 0.500. The number of aryl methyl sites for hydroxylation is 1. The molecule has 0 saturated carbocycles. The van der Waals surface area contributed by atoms with Gasteiger partial charge in [-0.25, -0.2) is 0 Å². The molecule has 0 spiro atoms. The van der Waals surface area contributed by atoms with E-state index in [0.717, 1.165) is 24.7 Å². The monoisotopic (exact) mass is 224 g/mol. The van der Waals surface area contributed by atoms with Crippen LogP contribution >= 0.6 is 11.6 Å². The predicted molar refractivity (Wildman–Crippen MR) is 64.3 cm³/mol. The van der Waals surface area contributed by atoms with E-state index in [1.165, 1.54) is 11.1 Å². The number of rotatable bonds is 3. The van der Waals surface area contributed by atoms with Crippen LogP contribution in [0, 0.1) is 6.92 Å². The van der Waals surface area contributed by atoms with Crippen molar-refractivity contribution in [3.05, 3.63) is 34.3 Å². The molecule has 1 aromatic carbocycles. The minimum atomic E-state index is 0.695. The Kier molecular flexibility index (Phi) is 3.29. The Labute approximate surface area is 96.2 Å². The highest BCUT2D eigenvalue weighted by atomic mass is 35.5. The zero-order valence-electron chi connectivity index (χ0n) is 9.26. The third kappa shape index (κ3) is 2.51. The number of hydrogen-bond donors (Lipinski definition) is 1. The van der Waals surface area contributed by atoms with Crippen LogP contribution in [0.5, 0.6) is 0 Å². The van der Waals surface area contributed by atoms with Crippen LogP contribution in [0.4, 0.5) is 0 Å². The molecule has 0 bridgehead atoms. The number of benzene rings is 1. The van der Waals surface area contributed by atoms with E-state index in [9.17, 15) is 0 Å². The van der Waals surface area contributed by atoms with E-state index in [4.69, 9.17) is 11.6 Å². The Bertz CT molecular complexity index is 347. The fourth-order valence-corrected chi connectivity index (χ4v) is 2.05. The number of halogens is 1. The molecule has 15 heavy (non-hydrogen) atoms. The van der Waals surface area contributed by atoms with Crippen molar-refractivity contribution in [2.45, 2.75) is 19.5 Å². The first-order chi connectivity index (χ1) is 7.16. The van der Waals surface area contributed by atoms with Crippen LogP contribution in [0.25, 0.3) is 0 Å². The Morgan fingerprint density at radius 2 is 2.20 bits per heavy atom. The van der Waals surface area contributed by atoms with Crippen LogP contribution in [0.2, 0.25) is 5.02 Å². The molecule has 0 radical (unpaired) electrons. The second kappa shape index (κ2) is 4.52. The van der Waals surface area contributed by atoms with Crippen molar-refractivity contribution in [1.82, 2.24) is 10.2 Å². The highest BCUT2D eigenvalue weighted by Gasteiger charge is 2.21. The summed E-state index contributed by atoms with van der Waals surface area (Å²) in [6, 6.07) is 6.82. The summed E-state index contributed by atoms with van der Waals surface area (Å²) in [4.78, 5) is 2.40. The lowest BCUT2D eigenvalue weighted by molar-refractivity contribution is 0.173. The molecule has 0 aromatic heterocycles. The van der Waals surface area contributed by atoms with Crippen molar-refractivity contribution in [3.8, 4) is 0 Å². The summed E-state index contributed by atoms with van der Waals surface area (Å²) in [6.45, 7) is 5.36. The van der Waals surface area contributed by atoms with Crippen molar-refractivity contribution in [3.63, 3.8) is 0 Å². The Morgan fingerprint density at radius 1 is 1.47 bits per heavy atom. The summed E-state index contributed by atoms with van der Waals surface area (Å²) in [7, 11) is 2.18. The molecular formula is C12H17ClN2. The van der Waals surface area contributed by atoms with Crippen LogP contribution in [0.3, 0.4) is 0 Å². The zero-order chi connectivity index (χ0) is 10.8. The van der Waals surface area contributed by atoms with Crippen molar-refractivity contribution >= 4 is 11.6 Å². The quantitative estimate of drug-likeness (QED) is 0.846. The van der Waals surface area contributed by atoms with Gasteiger partial charge in [0, 0.05) is 30.7 Å². The van der Waals surface area contributed by atoms with Gasteiger partial charge in [0.15, 0.2) is 0 Å². The molecule has 2 rings (SSSR count). The lowest BCUT2D eigenvalue weighted by Crippen LogP contribution is -2.55. The third-order valence-electron chi connectivity index (χ3n) is 3.11. The van der Waals surface area contributed by atoms with E-state index in [2.05, 4.69) is 30.3 Å². The van der Waals surface area contributed by atoms with E-state index in [1.807, 2.05) is 12.1 Å². The fourth-order valence-electron chi connectivity index (χ4n) is 1.82. The van der Waals surface area contributed by atoms with E-state index in [1.54, 1.807) is 0 Å². The van der Waals surface area contributed by atoms with Gasteiger partial charge in [0.05, 0.1) is 0 Å². The highest BCUT2D eigenvalue weighted by molar-refractivity contribution is 6.30. The highest BCUT2D eigenvalue weighted by Crippen LogP contribution is 2.17. The predicted octanol–water partition coefficient (Wildman–Crippen LogP) is 2.05. The van der Waals surface area contributed by atoms with Crippen LogP contribution < -0.4 is 5.32 Å². The van der Waals surface area contributed by atoms with Gasteiger partial charge >= 0.3 is 0 Å². The Balaban J connectivity index is 2.03. The molecule has 1 N–H and O–H groups in total. The largest absolute Gasteiger partial charge is 0.314 e. The number of hydrogen-bond acceptors (Lipinski definition) is 2. The molecule has 0 atom stereocenters. The molecule has 1 saturated heterocycles. The van der Waals surface area contributed by atoms with Crippen molar-refractivity contribution in [2.75, 3.05) is 20.1 Å². The van der Waals surface area contributed by atoms with Gasteiger partial charge in [-0.2, -0.15) is 0 Å². The van der Waals surface area contributed by atoms with Gasteiger partial charge in [0.1, 0.15) is 0 Å². The van der Waals surface area contributed by atoms with Gasteiger partial charge < -0.3 is 5.32 Å². The summed E-state index contributed by atoms with van der Waals surface area (Å²) < 4.78 is 0. The van der Waals surface area contributed by atoms with Crippen molar-refractivity contribution in [2.24, 2.45) is 0 Å². The smallest absolute Gasteiger partial charge is 0.0408 e. The molecule has 1 aliphatic heterocycles. The molecule has 0 amide bonds. The lowest BCUT2D eigenvalue weighted by Gasteiger charge is -2.35. The second-order valence-corrected chi connectivity index (χ2v) is 4.73. The molecular weight excluding hydrogens is 208 g/mol. The Morgan fingerprint density at radius 3 is 2.73 bits per heavy atom. The van der Waals surface area contributed by atoms with Crippen molar-refractivity contribution in [1.29, 1.82) is 0 Å². The summed E-state index contributed by atoms with van der Waals surface area (Å²) in [5, 5.41) is 4.11. The molecule has 0 aliphatic carbocycles. The van der Waals surface area contributed by atoms with E-state index in [-0.39, 0.29) is 0 Å². The zero-order valence-corrected chi connectivity index (χ0v) is 10.0. The summed E-state index contributed by atoms with van der Waals surface area (Å²) in [5.74, 6) is 0. The summed E-state index contributed by atoms with van der Waals surface area (Å²) in [5.41, 5.74) is 2.65. The second-order valence-electron chi connectivity index (χ2n) is 4.30. The first-order valence-electron chi connectivity index (χ1n) is 5.33. The standard InChI is InChI=1S/C12H17ClN2/c1-9-5-11(13)4-3-10(9)8-15(2)12-6-14-7-12/h3-5,12,14H,6-8H2,1-2H3. The third-order valence-corrected chi connectivity index (χ3v) is 3.34. The topological polar surface area (TPSA) is 15.3 Å². The number of nitrogens with one attached hydrogen (secondary N) is 1. The van der Waals surface area contributed by atoms with Gasteiger partial charge in [-0.15, -0.1) is 0 Å². The molecule has 3 heteroatoms. The average molecular weight is 225 g/mol. The summed E-state index contributed by atoms with van der Waals surface area (Å²) in [6.07, 6.45) is 0. The van der Waals surface area contributed by atoms with Gasteiger partial charge in [-0.3, -0.25) is 4.90 Å². The maximum absolute atomic E-state index is 5.93. The van der Waals surface area contributed by atoms with Gasteiger partial charge in [-0.05, 0) is 37.2 Å². The number of likely N-dealkylation sites (N-methyl/N-ethyl adjacent to an activating group) is 1.